The van der Waals surface area contributed by atoms with Crippen molar-refractivity contribution in [3.63, 3.8) is 0 Å². The first kappa shape index (κ1) is 24.1. The van der Waals surface area contributed by atoms with Gasteiger partial charge in [0.05, 0.1) is 25.3 Å². The van der Waals surface area contributed by atoms with E-state index in [0.717, 1.165) is 68.5 Å². The van der Waals surface area contributed by atoms with Gasteiger partial charge in [0.1, 0.15) is 0 Å². The van der Waals surface area contributed by atoms with Crippen LogP contribution in [0.1, 0.15) is 44.2 Å². The summed E-state index contributed by atoms with van der Waals surface area (Å²) in [5, 5.41) is 2.73. The number of piperidine rings is 2. The van der Waals surface area contributed by atoms with Crippen LogP contribution >= 0.6 is 0 Å². The molecule has 0 aliphatic carbocycles. The third kappa shape index (κ3) is 4.64. The highest BCUT2D eigenvalue weighted by molar-refractivity contribution is 5.80. The Bertz CT molecular complexity index is 1080. The maximum absolute atomic E-state index is 13.4. The van der Waals surface area contributed by atoms with Crippen molar-refractivity contribution in [1.29, 1.82) is 0 Å². The number of hydrogen-bond donors (Lipinski definition) is 1. The van der Waals surface area contributed by atoms with Gasteiger partial charge in [0.25, 0.3) is 0 Å². The number of imidazole rings is 1. The van der Waals surface area contributed by atoms with E-state index in [-0.39, 0.29) is 17.8 Å². The lowest BCUT2D eigenvalue weighted by Gasteiger charge is -2.41. The Morgan fingerprint density at radius 2 is 1.68 bits per heavy atom. The summed E-state index contributed by atoms with van der Waals surface area (Å²) in [6.07, 6.45) is 2.98. The monoisotopic (exact) mass is 473 g/mol. The molecule has 4 rings (SSSR count). The fourth-order valence-corrected chi connectivity index (χ4v) is 5.49. The minimum Gasteiger partial charge on any atom is -0.453 e. The van der Waals surface area contributed by atoms with Crippen molar-refractivity contribution >= 4 is 23.2 Å². The van der Waals surface area contributed by atoms with Crippen molar-refractivity contribution < 1.29 is 19.1 Å². The number of nitrogens with one attached hydrogen (secondary N) is 1. The molecule has 0 atom stereocenters. The topological polar surface area (TPSA) is 98.0 Å². The molecule has 2 aliphatic heterocycles. The summed E-state index contributed by atoms with van der Waals surface area (Å²) >= 11 is 0. The molecule has 186 valence electrons. The molecular weight excluding hydrogens is 438 g/mol. The van der Waals surface area contributed by atoms with Gasteiger partial charge in [-0.2, -0.15) is 0 Å². The van der Waals surface area contributed by atoms with Crippen LogP contribution in [0.15, 0.2) is 23.0 Å². The summed E-state index contributed by atoms with van der Waals surface area (Å²) in [7, 11) is 2.76. The largest absolute Gasteiger partial charge is 0.453 e. The van der Waals surface area contributed by atoms with Gasteiger partial charge in [0, 0.05) is 51.4 Å². The predicted octanol–water partition coefficient (Wildman–Crippen LogP) is 2.55. The van der Waals surface area contributed by atoms with Crippen LogP contribution < -0.4 is 11.0 Å². The van der Waals surface area contributed by atoms with Crippen LogP contribution in [0, 0.1) is 0 Å². The van der Waals surface area contributed by atoms with Gasteiger partial charge in [-0.3, -0.25) is 9.13 Å². The van der Waals surface area contributed by atoms with Gasteiger partial charge in [-0.15, -0.1) is 0 Å². The van der Waals surface area contributed by atoms with E-state index in [0.29, 0.717) is 19.1 Å². The average Bonchev–Trinajstić information content (AvgIpc) is 3.18. The molecule has 0 saturated carbocycles. The average molecular weight is 474 g/mol. The van der Waals surface area contributed by atoms with Crippen molar-refractivity contribution in [1.82, 2.24) is 24.3 Å². The number of aromatic nitrogens is 2. The standard InChI is InChI=1S/C24H35N5O5/c1-4-28-21-17(16-25-22(30)33-2)6-5-7-20(21)29(23(28)31)19-10-12-26(13-11-19)18-8-14-27(15-9-18)24(32)34-3/h5-7,18-19H,4,8-16H2,1-3H3,(H,25,30). The van der Waals surface area contributed by atoms with Crippen LogP contribution in [0.25, 0.3) is 11.0 Å². The molecule has 0 spiro atoms. The summed E-state index contributed by atoms with van der Waals surface area (Å²) in [6.45, 7) is 6.15. The van der Waals surface area contributed by atoms with E-state index in [2.05, 4.69) is 10.2 Å². The first-order valence-electron chi connectivity index (χ1n) is 12.1. The number of para-hydroxylation sites is 1. The molecule has 10 heteroatoms. The first-order valence-corrected chi connectivity index (χ1v) is 12.1. The third-order valence-corrected chi connectivity index (χ3v) is 7.27. The summed E-state index contributed by atoms with van der Waals surface area (Å²) in [5.41, 5.74) is 2.70. The van der Waals surface area contributed by atoms with Gasteiger partial charge in [-0.05, 0) is 44.2 Å². The van der Waals surface area contributed by atoms with E-state index in [4.69, 9.17) is 9.47 Å². The maximum atomic E-state index is 13.4. The van der Waals surface area contributed by atoms with Gasteiger partial charge < -0.3 is 24.6 Å². The first-order chi connectivity index (χ1) is 16.5. The highest BCUT2D eigenvalue weighted by Gasteiger charge is 2.31. The van der Waals surface area contributed by atoms with Crippen LogP contribution in [-0.2, 0) is 22.6 Å². The number of alkyl carbamates (subject to hydrolysis) is 1. The van der Waals surface area contributed by atoms with Crippen LogP contribution in [-0.4, -0.2) is 77.6 Å². The summed E-state index contributed by atoms with van der Waals surface area (Å²) in [6, 6.07) is 6.48. The Labute approximate surface area is 199 Å². The lowest BCUT2D eigenvalue weighted by molar-refractivity contribution is 0.0685. The predicted molar refractivity (Wildman–Crippen MR) is 128 cm³/mol. The highest BCUT2D eigenvalue weighted by Crippen LogP contribution is 2.30. The molecule has 2 aromatic rings. The Morgan fingerprint density at radius 1 is 1.00 bits per heavy atom. The lowest BCUT2D eigenvalue weighted by atomic mass is 9.97. The number of carbonyl (C=O) groups excluding carboxylic acids is 2. The van der Waals surface area contributed by atoms with Gasteiger partial charge in [-0.25, -0.2) is 14.4 Å². The van der Waals surface area contributed by atoms with E-state index in [1.807, 2.05) is 29.7 Å². The second-order valence-corrected chi connectivity index (χ2v) is 8.98. The van der Waals surface area contributed by atoms with Crippen molar-refractivity contribution in [2.45, 2.75) is 57.8 Å². The summed E-state index contributed by atoms with van der Waals surface area (Å²) < 4.78 is 13.3. The molecule has 0 bridgehead atoms. The number of aryl methyl sites for hydroxylation is 1. The van der Waals surface area contributed by atoms with Crippen LogP contribution in [0.3, 0.4) is 0 Å². The highest BCUT2D eigenvalue weighted by atomic mass is 16.5. The molecule has 34 heavy (non-hydrogen) atoms. The van der Waals surface area contributed by atoms with Crippen LogP contribution in [0.5, 0.6) is 0 Å². The number of methoxy groups -OCH3 is 2. The fraction of sp³-hybridized carbons (Fsp3) is 0.625. The second-order valence-electron chi connectivity index (χ2n) is 8.98. The van der Waals surface area contributed by atoms with E-state index < -0.39 is 6.09 Å². The molecule has 2 amide bonds. The molecule has 2 fully saturated rings. The molecule has 1 N–H and O–H groups in total. The zero-order chi connectivity index (χ0) is 24.2. The van der Waals surface area contributed by atoms with Crippen LogP contribution in [0.4, 0.5) is 9.59 Å². The van der Waals surface area contributed by atoms with Gasteiger partial charge in [0.15, 0.2) is 0 Å². The second kappa shape index (κ2) is 10.5. The summed E-state index contributed by atoms with van der Waals surface area (Å²) in [5.74, 6) is 0. The third-order valence-electron chi connectivity index (χ3n) is 7.27. The molecule has 1 aromatic carbocycles. The number of rotatable bonds is 5. The molecule has 0 unspecified atom stereocenters. The molecular formula is C24H35N5O5. The molecule has 1 aromatic heterocycles. The Kier molecular flexibility index (Phi) is 7.45. The van der Waals surface area contributed by atoms with Crippen molar-refractivity contribution in [2.75, 3.05) is 40.4 Å². The number of hydrogen-bond acceptors (Lipinski definition) is 6. The molecule has 2 saturated heterocycles. The smallest absolute Gasteiger partial charge is 0.409 e. The van der Waals surface area contributed by atoms with E-state index >= 15 is 0 Å². The number of ether oxygens (including phenoxy) is 2. The van der Waals surface area contributed by atoms with Gasteiger partial charge in [0.2, 0.25) is 0 Å². The molecule has 0 radical (unpaired) electrons. The summed E-state index contributed by atoms with van der Waals surface area (Å²) in [4.78, 5) is 41.1. The van der Waals surface area contributed by atoms with Gasteiger partial charge in [-0.1, -0.05) is 12.1 Å². The SMILES string of the molecule is CCn1c(=O)n(C2CCN(C3CCN(C(=O)OC)CC3)CC2)c2cccc(CNC(=O)OC)c21. The minimum atomic E-state index is -0.494. The van der Waals surface area contributed by atoms with Crippen molar-refractivity contribution in [3.8, 4) is 0 Å². The molecule has 3 heterocycles. The Hall–Kier alpha value is -3.01. The number of fused-ring (bicyclic) bond motifs is 1. The zero-order valence-corrected chi connectivity index (χ0v) is 20.3. The Morgan fingerprint density at radius 3 is 2.29 bits per heavy atom. The van der Waals surface area contributed by atoms with E-state index in [9.17, 15) is 14.4 Å². The van der Waals surface area contributed by atoms with Gasteiger partial charge >= 0.3 is 17.9 Å². The maximum Gasteiger partial charge on any atom is 0.409 e. The zero-order valence-electron chi connectivity index (χ0n) is 20.3. The lowest BCUT2D eigenvalue weighted by Crippen LogP contribution is -2.49. The van der Waals surface area contributed by atoms with Crippen molar-refractivity contribution in [2.24, 2.45) is 0 Å². The molecule has 2 aliphatic rings. The quantitative estimate of drug-likeness (QED) is 0.717. The van der Waals surface area contributed by atoms with Crippen molar-refractivity contribution in [3.05, 3.63) is 34.2 Å². The van der Waals surface area contributed by atoms with E-state index in [1.54, 1.807) is 9.47 Å². The van der Waals surface area contributed by atoms with E-state index in [1.165, 1.54) is 14.2 Å². The number of amides is 2. The number of carbonyl (C=O) groups is 2. The number of benzene rings is 1. The minimum absolute atomic E-state index is 0.00727. The number of nitrogens with zero attached hydrogens (tertiary/aromatic N) is 4. The Balaban J connectivity index is 1.49. The number of likely N-dealkylation sites (tertiary alicyclic amines) is 2. The fourth-order valence-electron chi connectivity index (χ4n) is 5.49. The molecule has 10 nitrogen and oxygen atoms in total. The van der Waals surface area contributed by atoms with Crippen LogP contribution in [0.2, 0.25) is 0 Å². The normalized spacial score (nSPS) is 18.3.